The van der Waals surface area contributed by atoms with Gasteiger partial charge in [-0.25, -0.2) is 0 Å². The lowest BCUT2D eigenvalue weighted by molar-refractivity contribution is 0.133. The van der Waals surface area contributed by atoms with Crippen LogP contribution in [0, 0.1) is 11.3 Å². The standard InChI is InChI=1S/C12H25N/c1-10(2)8-12(13)7-5-6-11(3,4)9-12/h10H,5-9,13H2,1-4H3. The van der Waals surface area contributed by atoms with Crippen molar-refractivity contribution in [1.82, 2.24) is 0 Å². The molecule has 1 saturated carbocycles. The van der Waals surface area contributed by atoms with Gasteiger partial charge in [0.2, 0.25) is 0 Å². The summed E-state index contributed by atoms with van der Waals surface area (Å²) in [5.41, 5.74) is 7.04. The highest BCUT2D eigenvalue weighted by atomic mass is 14.8. The summed E-state index contributed by atoms with van der Waals surface area (Å²) in [4.78, 5) is 0. The molecule has 0 spiro atoms. The van der Waals surface area contributed by atoms with Gasteiger partial charge >= 0.3 is 0 Å². The Balaban J connectivity index is 2.58. The number of hydrogen-bond donors (Lipinski definition) is 1. The molecule has 1 aliphatic carbocycles. The van der Waals surface area contributed by atoms with Crippen molar-refractivity contribution in [3.63, 3.8) is 0 Å². The average Bonchev–Trinajstić information content (AvgIpc) is 1.79. The average molecular weight is 183 g/mol. The Morgan fingerprint density at radius 1 is 1.23 bits per heavy atom. The number of nitrogens with two attached hydrogens (primary N) is 1. The predicted molar refractivity (Wildman–Crippen MR) is 58.6 cm³/mol. The molecule has 0 bridgehead atoms. The molecule has 1 aliphatic rings. The Morgan fingerprint density at radius 2 is 1.85 bits per heavy atom. The molecule has 1 fully saturated rings. The lowest BCUT2D eigenvalue weighted by Crippen LogP contribution is -2.47. The molecule has 1 atom stereocenters. The molecule has 2 N–H and O–H groups in total. The summed E-state index contributed by atoms with van der Waals surface area (Å²) >= 11 is 0. The third kappa shape index (κ3) is 3.30. The quantitative estimate of drug-likeness (QED) is 0.698. The van der Waals surface area contributed by atoms with E-state index in [-0.39, 0.29) is 5.54 Å². The van der Waals surface area contributed by atoms with Gasteiger partial charge in [-0.2, -0.15) is 0 Å². The minimum Gasteiger partial charge on any atom is -0.325 e. The Morgan fingerprint density at radius 3 is 2.31 bits per heavy atom. The fraction of sp³-hybridized carbons (Fsp3) is 1.00. The van der Waals surface area contributed by atoms with E-state index in [0.717, 1.165) is 5.92 Å². The topological polar surface area (TPSA) is 26.0 Å². The van der Waals surface area contributed by atoms with Crippen LogP contribution in [0.2, 0.25) is 0 Å². The van der Waals surface area contributed by atoms with Crippen LogP contribution >= 0.6 is 0 Å². The Bertz CT molecular complexity index is 172. The van der Waals surface area contributed by atoms with Crippen LogP contribution in [-0.2, 0) is 0 Å². The summed E-state index contributed by atoms with van der Waals surface area (Å²) in [6, 6.07) is 0. The Hall–Kier alpha value is -0.0400. The van der Waals surface area contributed by atoms with E-state index >= 15 is 0 Å². The van der Waals surface area contributed by atoms with Crippen molar-refractivity contribution in [1.29, 1.82) is 0 Å². The maximum Gasteiger partial charge on any atom is 0.0161 e. The summed E-state index contributed by atoms with van der Waals surface area (Å²) < 4.78 is 0. The zero-order valence-electron chi connectivity index (χ0n) is 9.69. The maximum atomic E-state index is 6.44. The van der Waals surface area contributed by atoms with Gasteiger partial charge in [-0.15, -0.1) is 0 Å². The van der Waals surface area contributed by atoms with Gasteiger partial charge in [0.25, 0.3) is 0 Å². The molecule has 1 nitrogen and oxygen atoms in total. The summed E-state index contributed by atoms with van der Waals surface area (Å²) in [5, 5.41) is 0. The van der Waals surface area contributed by atoms with Crippen LogP contribution in [0.5, 0.6) is 0 Å². The zero-order chi connectivity index (χ0) is 10.1. The lowest BCUT2D eigenvalue weighted by Gasteiger charge is -2.43. The summed E-state index contributed by atoms with van der Waals surface area (Å²) in [6.07, 6.45) is 6.30. The molecule has 0 aromatic heterocycles. The molecule has 0 saturated heterocycles. The molecular formula is C12H25N. The van der Waals surface area contributed by atoms with Crippen LogP contribution in [0.4, 0.5) is 0 Å². The Kier molecular flexibility index (Phi) is 3.06. The van der Waals surface area contributed by atoms with Gasteiger partial charge < -0.3 is 5.73 Å². The number of hydrogen-bond acceptors (Lipinski definition) is 1. The first-order valence-corrected chi connectivity index (χ1v) is 5.62. The highest BCUT2D eigenvalue weighted by molar-refractivity contribution is 4.94. The van der Waals surface area contributed by atoms with Gasteiger partial charge in [0.15, 0.2) is 0 Å². The first kappa shape index (κ1) is 11.0. The molecule has 0 aromatic rings. The molecule has 1 unspecified atom stereocenters. The van der Waals surface area contributed by atoms with Gasteiger partial charge in [-0.05, 0) is 37.0 Å². The van der Waals surface area contributed by atoms with Gasteiger partial charge in [-0.1, -0.05) is 34.1 Å². The van der Waals surface area contributed by atoms with Crippen molar-refractivity contribution in [2.45, 2.75) is 65.3 Å². The van der Waals surface area contributed by atoms with Crippen molar-refractivity contribution < 1.29 is 0 Å². The smallest absolute Gasteiger partial charge is 0.0161 e. The second-order valence-corrected chi connectivity index (χ2v) is 6.15. The predicted octanol–water partition coefficient (Wildman–Crippen LogP) is 3.33. The molecule has 1 rings (SSSR count). The van der Waals surface area contributed by atoms with E-state index < -0.39 is 0 Å². The summed E-state index contributed by atoms with van der Waals surface area (Å²) in [6.45, 7) is 9.26. The second kappa shape index (κ2) is 3.61. The van der Waals surface area contributed by atoms with E-state index in [4.69, 9.17) is 5.73 Å². The fourth-order valence-electron chi connectivity index (χ4n) is 3.04. The van der Waals surface area contributed by atoms with Crippen LogP contribution in [0.25, 0.3) is 0 Å². The van der Waals surface area contributed by atoms with Crippen LogP contribution in [0.1, 0.15) is 59.8 Å². The molecule has 0 aromatic carbocycles. The van der Waals surface area contributed by atoms with Crippen LogP contribution < -0.4 is 5.73 Å². The number of rotatable bonds is 2. The fourth-order valence-corrected chi connectivity index (χ4v) is 3.04. The molecule has 0 aliphatic heterocycles. The third-order valence-electron chi connectivity index (χ3n) is 3.17. The van der Waals surface area contributed by atoms with Crippen molar-refractivity contribution in [2.24, 2.45) is 17.1 Å². The third-order valence-corrected chi connectivity index (χ3v) is 3.17. The van der Waals surface area contributed by atoms with Crippen molar-refractivity contribution >= 4 is 0 Å². The van der Waals surface area contributed by atoms with E-state index in [2.05, 4.69) is 27.7 Å². The summed E-state index contributed by atoms with van der Waals surface area (Å²) in [5.74, 6) is 0.735. The molecule has 1 heteroatoms. The summed E-state index contributed by atoms with van der Waals surface area (Å²) in [7, 11) is 0. The first-order valence-electron chi connectivity index (χ1n) is 5.62. The largest absolute Gasteiger partial charge is 0.325 e. The minimum atomic E-state index is 0.135. The normalized spacial score (nSPS) is 33.7. The highest BCUT2D eigenvalue weighted by Crippen LogP contribution is 2.42. The SMILES string of the molecule is CC(C)CC1(N)CCCC(C)(C)C1. The van der Waals surface area contributed by atoms with E-state index in [9.17, 15) is 0 Å². The van der Waals surface area contributed by atoms with E-state index in [1.54, 1.807) is 0 Å². The van der Waals surface area contributed by atoms with Crippen molar-refractivity contribution in [3.8, 4) is 0 Å². The molecule has 13 heavy (non-hydrogen) atoms. The van der Waals surface area contributed by atoms with Gasteiger partial charge in [0.05, 0.1) is 0 Å². The molecule has 0 heterocycles. The van der Waals surface area contributed by atoms with Crippen LogP contribution in [0.3, 0.4) is 0 Å². The molecule has 78 valence electrons. The van der Waals surface area contributed by atoms with Gasteiger partial charge in [0, 0.05) is 5.54 Å². The monoisotopic (exact) mass is 183 g/mol. The maximum absolute atomic E-state index is 6.44. The Labute approximate surface area is 83.1 Å². The highest BCUT2D eigenvalue weighted by Gasteiger charge is 2.36. The zero-order valence-corrected chi connectivity index (χ0v) is 9.69. The minimum absolute atomic E-state index is 0.135. The van der Waals surface area contributed by atoms with E-state index in [0.29, 0.717) is 5.41 Å². The van der Waals surface area contributed by atoms with Crippen molar-refractivity contribution in [2.75, 3.05) is 0 Å². The van der Waals surface area contributed by atoms with Gasteiger partial charge in [-0.3, -0.25) is 0 Å². The van der Waals surface area contributed by atoms with Crippen molar-refractivity contribution in [3.05, 3.63) is 0 Å². The first-order chi connectivity index (χ1) is 5.83. The molecular weight excluding hydrogens is 158 g/mol. The van der Waals surface area contributed by atoms with Crippen LogP contribution in [-0.4, -0.2) is 5.54 Å². The molecule has 0 amide bonds. The van der Waals surface area contributed by atoms with Gasteiger partial charge in [0.1, 0.15) is 0 Å². The molecule has 0 radical (unpaired) electrons. The van der Waals surface area contributed by atoms with Crippen LogP contribution in [0.15, 0.2) is 0 Å². The van der Waals surface area contributed by atoms with E-state index in [1.165, 1.54) is 32.1 Å². The lowest BCUT2D eigenvalue weighted by atomic mass is 9.66. The second-order valence-electron chi connectivity index (χ2n) is 6.15. The van der Waals surface area contributed by atoms with E-state index in [1.807, 2.05) is 0 Å².